The summed E-state index contributed by atoms with van der Waals surface area (Å²) >= 11 is 0.950. The fourth-order valence-electron chi connectivity index (χ4n) is 3.02. The van der Waals surface area contributed by atoms with E-state index in [0.717, 1.165) is 29.3 Å². The summed E-state index contributed by atoms with van der Waals surface area (Å²) in [5.41, 5.74) is 6.12. The van der Waals surface area contributed by atoms with Crippen molar-refractivity contribution in [3.05, 3.63) is 35.4 Å². The number of benzene rings is 1. The maximum atomic E-state index is 12.5. The Bertz CT molecular complexity index is 1260. The van der Waals surface area contributed by atoms with Crippen LogP contribution >= 0.6 is 11.8 Å². The highest BCUT2D eigenvalue weighted by Crippen LogP contribution is 2.36. The van der Waals surface area contributed by atoms with Crippen LogP contribution in [0, 0.1) is 22.7 Å². The highest BCUT2D eigenvalue weighted by atomic mass is 32.2. The monoisotopic (exact) mass is 479 g/mol. The van der Waals surface area contributed by atoms with E-state index in [9.17, 15) is 20.4 Å². The highest BCUT2D eigenvalue weighted by Gasteiger charge is 2.29. The van der Waals surface area contributed by atoms with Crippen LogP contribution in [0.25, 0.3) is 11.3 Å². The zero-order valence-electron chi connectivity index (χ0n) is 18.5. The van der Waals surface area contributed by atoms with Crippen molar-refractivity contribution in [3.8, 4) is 35.1 Å². The lowest BCUT2D eigenvalue weighted by atomic mass is 10.0. The molecule has 12 heteroatoms. The van der Waals surface area contributed by atoms with E-state index in [1.807, 2.05) is 12.1 Å². The first-order valence-corrected chi connectivity index (χ1v) is 11.2. The molecule has 3 aromatic rings. The number of pyridine rings is 1. The molecule has 3 rings (SSSR count). The van der Waals surface area contributed by atoms with E-state index in [2.05, 4.69) is 27.0 Å². The molecule has 174 valence electrons. The molecule has 0 saturated heterocycles. The Labute approximate surface area is 199 Å². The van der Waals surface area contributed by atoms with Gasteiger partial charge in [0.05, 0.1) is 28.8 Å². The summed E-state index contributed by atoms with van der Waals surface area (Å²) in [6.07, 6.45) is 2.00. The van der Waals surface area contributed by atoms with E-state index in [1.54, 1.807) is 24.3 Å². The number of aryl methyl sites for hydroxylation is 1. The van der Waals surface area contributed by atoms with Gasteiger partial charge in [0.2, 0.25) is 5.91 Å². The number of nitrogen functional groups attached to an aromatic ring is 1. The van der Waals surface area contributed by atoms with Crippen molar-refractivity contribution in [1.29, 1.82) is 10.5 Å². The minimum Gasteiger partial charge on any atom is -0.539 e. The number of carbonyl (C=O) groups excluding carboxylic acids is 1. The standard InChI is InChI=1S/C22H21N7O4S/c1-3-4-9-32-14-7-5-13(6-8-14)26-17(30)12-34-21-16(11-24)18(15(10-23)20(25)27-21)19-22(31)33-28-29(19)2/h5-8H,3-4,9,12H2,1-2H3,(H3-,25,26,27,28,30,31). The molecule has 0 saturated carbocycles. The first kappa shape index (κ1) is 24.4. The Morgan fingerprint density at radius 1 is 1.29 bits per heavy atom. The minimum atomic E-state index is -0.836. The quantitative estimate of drug-likeness (QED) is 0.261. The van der Waals surface area contributed by atoms with Crippen molar-refractivity contribution in [3.63, 3.8) is 0 Å². The number of nitriles is 2. The van der Waals surface area contributed by atoms with Gasteiger partial charge in [0.15, 0.2) is 13.0 Å². The van der Waals surface area contributed by atoms with Gasteiger partial charge < -0.3 is 25.4 Å². The number of hydrogen-bond acceptors (Lipinski definition) is 10. The third-order valence-electron chi connectivity index (χ3n) is 4.66. The summed E-state index contributed by atoms with van der Waals surface area (Å²) in [5.74, 6) is -0.749. The number of unbranched alkanes of at least 4 members (excludes halogenated alkanes) is 1. The van der Waals surface area contributed by atoms with Gasteiger partial charge in [-0.15, -0.1) is 0 Å². The van der Waals surface area contributed by atoms with Gasteiger partial charge >= 0.3 is 0 Å². The molecular formula is C22H21N7O4S. The van der Waals surface area contributed by atoms with Crippen molar-refractivity contribution in [2.45, 2.75) is 24.8 Å². The summed E-state index contributed by atoms with van der Waals surface area (Å²) in [4.78, 5) is 16.6. The molecule has 0 fully saturated rings. The number of thioether (sulfide) groups is 1. The van der Waals surface area contributed by atoms with E-state index >= 15 is 0 Å². The van der Waals surface area contributed by atoms with Crippen molar-refractivity contribution < 1.29 is 23.8 Å². The third kappa shape index (κ3) is 5.36. The molecule has 1 amide bonds. The maximum absolute atomic E-state index is 12.5. The first-order chi connectivity index (χ1) is 16.4. The third-order valence-corrected chi connectivity index (χ3v) is 5.64. The Morgan fingerprint density at radius 3 is 2.59 bits per heavy atom. The molecule has 0 spiro atoms. The molecule has 0 aliphatic rings. The van der Waals surface area contributed by atoms with Crippen molar-refractivity contribution in [1.82, 2.24) is 10.3 Å². The number of hydrogen-bond donors (Lipinski definition) is 2. The Morgan fingerprint density at radius 2 is 2.00 bits per heavy atom. The Balaban J connectivity index is 1.78. The van der Waals surface area contributed by atoms with E-state index in [0.29, 0.717) is 18.0 Å². The van der Waals surface area contributed by atoms with Gasteiger partial charge in [-0.05, 0) is 30.7 Å². The summed E-state index contributed by atoms with van der Waals surface area (Å²) in [6.45, 7) is 2.71. The van der Waals surface area contributed by atoms with Crippen molar-refractivity contribution in [2.24, 2.45) is 7.05 Å². The van der Waals surface area contributed by atoms with Crippen LogP contribution in [0.4, 0.5) is 11.5 Å². The second kappa shape index (κ2) is 11.0. The second-order valence-corrected chi connectivity index (χ2v) is 8.01. The zero-order valence-corrected chi connectivity index (χ0v) is 19.3. The van der Waals surface area contributed by atoms with E-state index < -0.39 is 5.95 Å². The van der Waals surface area contributed by atoms with Crippen LogP contribution in [0.3, 0.4) is 0 Å². The zero-order chi connectivity index (χ0) is 24.7. The molecule has 3 N–H and O–H groups in total. The molecule has 0 atom stereocenters. The molecule has 0 aliphatic carbocycles. The predicted octanol–water partition coefficient (Wildman–Crippen LogP) is 1.87. The number of rotatable bonds is 9. The fourth-order valence-corrected chi connectivity index (χ4v) is 3.81. The van der Waals surface area contributed by atoms with Gasteiger partial charge in [-0.1, -0.05) is 29.8 Å². The van der Waals surface area contributed by atoms with Gasteiger partial charge in [-0.2, -0.15) is 10.5 Å². The van der Waals surface area contributed by atoms with E-state index in [1.165, 1.54) is 7.05 Å². The SMILES string of the molecule is CCCCOc1ccc(NC(=O)CSc2nc(N)c(C#N)c(-c3c([O-])on[n+]3C)c2C#N)cc1. The molecule has 2 aromatic heterocycles. The molecule has 0 radical (unpaired) electrons. The average molecular weight is 480 g/mol. The number of aromatic nitrogens is 3. The van der Waals surface area contributed by atoms with Crippen LogP contribution in [-0.4, -0.2) is 28.5 Å². The molecule has 1 aromatic carbocycles. The van der Waals surface area contributed by atoms with E-state index in [-0.39, 0.29) is 44.9 Å². The Kier molecular flexibility index (Phi) is 7.90. The minimum absolute atomic E-state index is 0.0344. The number of nitrogens with two attached hydrogens (primary N) is 1. The van der Waals surface area contributed by atoms with Crippen LogP contribution in [0.15, 0.2) is 33.8 Å². The average Bonchev–Trinajstić information content (AvgIpc) is 3.16. The summed E-state index contributed by atoms with van der Waals surface area (Å²) < 4.78 is 11.3. The van der Waals surface area contributed by atoms with Crippen molar-refractivity contribution in [2.75, 3.05) is 23.4 Å². The smallest absolute Gasteiger partial charge is 0.266 e. The van der Waals surface area contributed by atoms with Gasteiger partial charge in [0.1, 0.15) is 34.3 Å². The number of nitrogens with one attached hydrogen (secondary N) is 1. The lowest BCUT2D eigenvalue weighted by Crippen LogP contribution is -2.32. The molecule has 0 aliphatic heterocycles. The lowest BCUT2D eigenvalue weighted by Gasteiger charge is -2.11. The predicted molar refractivity (Wildman–Crippen MR) is 120 cm³/mol. The molecule has 0 bridgehead atoms. The number of amides is 1. The van der Waals surface area contributed by atoms with Crippen molar-refractivity contribution >= 4 is 29.2 Å². The summed E-state index contributed by atoms with van der Waals surface area (Å²) in [5, 5.41) is 37.8. The largest absolute Gasteiger partial charge is 0.539 e. The molecule has 11 nitrogen and oxygen atoms in total. The molecular weight excluding hydrogens is 458 g/mol. The molecule has 34 heavy (non-hydrogen) atoms. The number of anilines is 2. The summed E-state index contributed by atoms with van der Waals surface area (Å²) in [7, 11) is 1.43. The van der Waals surface area contributed by atoms with E-state index in [4.69, 9.17) is 10.5 Å². The van der Waals surface area contributed by atoms with Crippen LogP contribution < -0.4 is 25.6 Å². The second-order valence-electron chi connectivity index (χ2n) is 7.05. The van der Waals surface area contributed by atoms with Crippen LogP contribution in [-0.2, 0) is 11.8 Å². The first-order valence-electron chi connectivity index (χ1n) is 10.2. The summed E-state index contributed by atoms with van der Waals surface area (Å²) in [6, 6.07) is 10.8. The Hall–Kier alpha value is -4.29. The van der Waals surface area contributed by atoms with Gasteiger partial charge in [-0.25, -0.2) is 4.98 Å². The topological polar surface area (TPSA) is 178 Å². The van der Waals surface area contributed by atoms with Crippen LogP contribution in [0.5, 0.6) is 11.7 Å². The maximum Gasteiger partial charge on any atom is 0.266 e. The van der Waals surface area contributed by atoms with Gasteiger partial charge in [-0.3, -0.25) is 4.79 Å². The van der Waals surface area contributed by atoms with Crippen LogP contribution in [0.2, 0.25) is 0 Å². The fraction of sp³-hybridized carbons (Fsp3) is 0.273. The van der Waals surface area contributed by atoms with Crippen LogP contribution in [0.1, 0.15) is 30.9 Å². The molecule has 0 unspecified atom stereocenters. The van der Waals surface area contributed by atoms with Gasteiger partial charge in [0.25, 0.3) is 5.69 Å². The number of carbonyl (C=O) groups is 1. The normalized spacial score (nSPS) is 10.4. The molecule has 2 heterocycles. The lowest BCUT2D eigenvalue weighted by molar-refractivity contribution is -0.730. The highest BCUT2D eigenvalue weighted by molar-refractivity contribution is 8.00. The van der Waals surface area contributed by atoms with Gasteiger partial charge in [0, 0.05) is 5.69 Å². The number of ether oxygens (including phenoxy) is 1. The number of nitrogens with zero attached hydrogens (tertiary/aromatic N) is 5.